The van der Waals surface area contributed by atoms with Crippen LogP contribution >= 0.6 is 0 Å². The van der Waals surface area contributed by atoms with Crippen LogP contribution in [0.3, 0.4) is 0 Å². The van der Waals surface area contributed by atoms with Crippen LogP contribution in [0, 0.1) is 0 Å². The summed E-state index contributed by atoms with van der Waals surface area (Å²) in [5.74, 6) is 0.837. The van der Waals surface area contributed by atoms with Crippen molar-refractivity contribution in [3.63, 3.8) is 0 Å². The maximum absolute atomic E-state index is 13.4. The number of carbonyl (C=O) groups is 1. The molecule has 2 heterocycles. The molecule has 0 saturated carbocycles. The number of para-hydroxylation sites is 1. The summed E-state index contributed by atoms with van der Waals surface area (Å²) in [5, 5.41) is 4.78. The van der Waals surface area contributed by atoms with E-state index < -0.39 is 0 Å². The highest BCUT2D eigenvalue weighted by atomic mass is 16.5. The molecule has 28 heavy (non-hydrogen) atoms. The molecule has 1 atom stereocenters. The first-order valence-electron chi connectivity index (χ1n) is 9.78. The number of hydrogen-bond acceptors (Lipinski definition) is 3. The van der Waals surface area contributed by atoms with Crippen molar-refractivity contribution in [3.8, 4) is 22.7 Å². The molecule has 144 valence electrons. The number of amides is 1. The minimum atomic E-state index is 0.0557. The number of rotatable bonds is 4. The molecule has 0 aliphatic carbocycles. The fourth-order valence-electron chi connectivity index (χ4n) is 3.76. The first-order chi connectivity index (χ1) is 13.7. The molecule has 0 N–H and O–H groups in total. The average molecular weight is 375 g/mol. The molecular weight excluding hydrogens is 350 g/mol. The number of methoxy groups -OCH3 is 1. The Morgan fingerprint density at radius 1 is 1.07 bits per heavy atom. The molecule has 0 radical (unpaired) electrons. The Morgan fingerprint density at radius 2 is 1.82 bits per heavy atom. The summed E-state index contributed by atoms with van der Waals surface area (Å²) >= 11 is 0. The van der Waals surface area contributed by atoms with Crippen molar-refractivity contribution in [2.75, 3.05) is 13.7 Å². The maximum Gasteiger partial charge on any atom is 0.257 e. The van der Waals surface area contributed by atoms with Crippen LogP contribution in [0.4, 0.5) is 0 Å². The summed E-state index contributed by atoms with van der Waals surface area (Å²) in [6.45, 7) is 2.93. The lowest BCUT2D eigenvalue weighted by atomic mass is 10.0. The van der Waals surface area contributed by atoms with Crippen molar-refractivity contribution >= 4 is 5.91 Å². The molecule has 1 unspecified atom stereocenters. The van der Waals surface area contributed by atoms with Crippen LogP contribution in [0.2, 0.25) is 0 Å². The van der Waals surface area contributed by atoms with E-state index in [0.717, 1.165) is 36.4 Å². The van der Waals surface area contributed by atoms with Crippen LogP contribution in [0.5, 0.6) is 5.75 Å². The SMILES string of the molecule is COc1ccc(-c2nn(-c3ccccc3)cc2C(=O)N2CCCCC2C)cc1. The van der Waals surface area contributed by atoms with Crippen molar-refractivity contribution in [3.05, 3.63) is 66.4 Å². The largest absolute Gasteiger partial charge is 0.497 e. The molecule has 0 spiro atoms. The van der Waals surface area contributed by atoms with Crippen LogP contribution in [-0.2, 0) is 0 Å². The highest BCUT2D eigenvalue weighted by molar-refractivity contribution is 6.00. The standard InChI is InChI=1S/C23H25N3O2/c1-17-8-6-7-15-25(17)23(27)21-16-26(19-9-4-3-5-10-19)24-22(21)18-11-13-20(28-2)14-12-18/h3-5,9-14,16-17H,6-8,15H2,1-2H3. The van der Waals surface area contributed by atoms with Crippen LogP contribution in [-0.4, -0.2) is 40.3 Å². The van der Waals surface area contributed by atoms with Gasteiger partial charge in [0.1, 0.15) is 11.4 Å². The van der Waals surface area contributed by atoms with Gasteiger partial charge in [-0.15, -0.1) is 0 Å². The lowest BCUT2D eigenvalue weighted by molar-refractivity contribution is 0.0636. The predicted octanol–water partition coefficient (Wildman–Crippen LogP) is 4.56. The Balaban J connectivity index is 1.78. The van der Waals surface area contributed by atoms with E-state index in [9.17, 15) is 4.79 Å². The topological polar surface area (TPSA) is 47.4 Å². The highest BCUT2D eigenvalue weighted by Crippen LogP contribution is 2.28. The summed E-state index contributed by atoms with van der Waals surface area (Å²) in [6.07, 6.45) is 5.15. The van der Waals surface area contributed by atoms with E-state index in [1.165, 1.54) is 6.42 Å². The number of carbonyl (C=O) groups excluding carboxylic acids is 1. The maximum atomic E-state index is 13.4. The lowest BCUT2D eigenvalue weighted by Crippen LogP contribution is -2.42. The molecule has 3 aromatic rings. The van der Waals surface area contributed by atoms with Gasteiger partial charge in [-0.25, -0.2) is 4.68 Å². The number of aromatic nitrogens is 2. The number of ether oxygens (including phenoxy) is 1. The van der Waals surface area contributed by atoms with Crippen molar-refractivity contribution in [2.24, 2.45) is 0 Å². The molecule has 1 aromatic heterocycles. The summed E-state index contributed by atoms with van der Waals surface area (Å²) in [5.41, 5.74) is 3.18. The zero-order chi connectivity index (χ0) is 19.5. The van der Waals surface area contributed by atoms with Gasteiger partial charge in [0, 0.05) is 24.3 Å². The second-order valence-electron chi connectivity index (χ2n) is 7.24. The quantitative estimate of drug-likeness (QED) is 0.671. The number of nitrogens with zero attached hydrogens (tertiary/aromatic N) is 3. The van der Waals surface area contributed by atoms with Crippen molar-refractivity contribution < 1.29 is 9.53 Å². The fraction of sp³-hybridized carbons (Fsp3) is 0.304. The Labute approximate surface area is 165 Å². The van der Waals surface area contributed by atoms with E-state index in [-0.39, 0.29) is 11.9 Å². The number of likely N-dealkylation sites (tertiary alicyclic amines) is 1. The van der Waals surface area contributed by atoms with E-state index in [1.807, 2.05) is 65.7 Å². The predicted molar refractivity (Wildman–Crippen MR) is 110 cm³/mol. The van der Waals surface area contributed by atoms with E-state index in [2.05, 4.69) is 6.92 Å². The first kappa shape index (κ1) is 18.3. The molecule has 5 nitrogen and oxygen atoms in total. The van der Waals surface area contributed by atoms with E-state index >= 15 is 0 Å². The third-order valence-electron chi connectivity index (χ3n) is 5.39. The molecule has 1 aliphatic rings. The Morgan fingerprint density at radius 3 is 2.50 bits per heavy atom. The molecule has 5 heteroatoms. The summed E-state index contributed by atoms with van der Waals surface area (Å²) in [4.78, 5) is 15.4. The number of benzene rings is 2. The third-order valence-corrected chi connectivity index (χ3v) is 5.39. The van der Waals surface area contributed by atoms with E-state index in [1.54, 1.807) is 11.8 Å². The van der Waals surface area contributed by atoms with Gasteiger partial charge in [0.05, 0.1) is 18.4 Å². The Hall–Kier alpha value is -3.08. The van der Waals surface area contributed by atoms with Crippen LogP contribution < -0.4 is 4.74 Å². The zero-order valence-corrected chi connectivity index (χ0v) is 16.3. The molecule has 0 bridgehead atoms. The molecule has 2 aromatic carbocycles. The summed E-state index contributed by atoms with van der Waals surface area (Å²) < 4.78 is 7.06. The second-order valence-corrected chi connectivity index (χ2v) is 7.24. The van der Waals surface area contributed by atoms with Crippen LogP contribution in [0.15, 0.2) is 60.8 Å². The van der Waals surface area contributed by atoms with Gasteiger partial charge in [-0.1, -0.05) is 18.2 Å². The first-order valence-corrected chi connectivity index (χ1v) is 9.78. The van der Waals surface area contributed by atoms with Crippen molar-refractivity contribution in [1.29, 1.82) is 0 Å². The average Bonchev–Trinajstić information content (AvgIpc) is 3.20. The normalized spacial score (nSPS) is 16.8. The minimum absolute atomic E-state index is 0.0557. The molecule has 4 rings (SSSR count). The van der Waals surface area contributed by atoms with E-state index in [0.29, 0.717) is 11.3 Å². The Bertz CT molecular complexity index is 948. The zero-order valence-electron chi connectivity index (χ0n) is 16.3. The summed E-state index contributed by atoms with van der Waals surface area (Å²) in [7, 11) is 1.64. The molecule has 1 amide bonds. The van der Waals surface area contributed by atoms with Gasteiger partial charge in [0.2, 0.25) is 0 Å². The number of piperidine rings is 1. The monoisotopic (exact) mass is 375 g/mol. The van der Waals surface area contributed by atoms with Crippen molar-refractivity contribution in [2.45, 2.75) is 32.2 Å². The molecule has 1 aliphatic heterocycles. The van der Waals surface area contributed by atoms with Gasteiger partial charge in [0.25, 0.3) is 5.91 Å². The van der Waals surface area contributed by atoms with Crippen molar-refractivity contribution in [1.82, 2.24) is 14.7 Å². The molecule has 1 saturated heterocycles. The second kappa shape index (κ2) is 7.89. The van der Waals surface area contributed by atoms with Crippen LogP contribution in [0.1, 0.15) is 36.5 Å². The van der Waals surface area contributed by atoms with E-state index in [4.69, 9.17) is 9.84 Å². The van der Waals surface area contributed by atoms with Gasteiger partial charge in [-0.3, -0.25) is 4.79 Å². The summed E-state index contributed by atoms with van der Waals surface area (Å²) in [6, 6.07) is 17.8. The Kier molecular flexibility index (Phi) is 5.15. The van der Waals surface area contributed by atoms with Crippen LogP contribution in [0.25, 0.3) is 16.9 Å². The van der Waals surface area contributed by atoms with Gasteiger partial charge in [-0.05, 0) is 62.6 Å². The molecular formula is C23H25N3O2. The lowest BCUT2D eigenvalue weighted by Gasteiger charge is -2.33. The van der Waals surface area contributed by atoms with Gasteiger partial charge < -0.3 is 9.64 Å². The van der Waals surface area contributed by atoms with Gasteiger partial charge in [-0.2, -0.15) is 5.10 Å². The van der Waals surface area contributed by atoms with Gasteiger partial charge in [0.15, 0.2) is 0 Å². The fourth-order valence-corrected chi connectivity index (χ4v) is 3.76. The smallest absolute Gasteiger partial charge is 0.257 e. The number of hydrogen-bond donors (Lipinski definition) is 0. The third kappa shape index (κ3) is 3.52. The molecule has 1 fully saturated rings. The highest BCUT2D eigenvalue weighted by Gasteiger charge is 2.28. The minimum Gasteiger partial charge on any atom is -0.497 e. The van der Waals surface area contributed by atoms with Gasteiger partial charge >= 0.3 is 0 Å².